The van der Waals surface area contributed by atoms with Crippen molar-refractivity contribution < 1.29 is 18.3 Å². The number of anilines is 1. The number of nitrogens with zero attached hydrogens (tertiary/aromatic N) is 2. The fourth-order valence-electron chi connectivity index (χ4n) is 3.63. The van der Waals surface area contributed by atoms with Crippen LogP contribution < -0.4 is 10.9 Å². The van der Waals surface area contributed by atoms with Crippen LogP contribution in [0.4, 0.5) is 5.82 Å². The molecule has 3 heterocycles. The van der Waals surface area contributed by atoms with Crippen LogP contribution in [0, 0.1) is 12.3 Å². The molecule has 1 fully saturated rings. The number of ether oxygens (including phenoxy) is 1. The lowest BCUT2D eigenvalue weighted by Crippen LogP contribution is -2.45. The summed E-state index contributed by atoms with van der Waals surface area (Å²) in [5, 5.41) is 16.0. The van der Waals surface area contributed by atoms with Crippen LogP contribution in [0.3, 0.4) is 0 Å². The number of hydrogen-bond donors (Lipinski definition) is 3. The molecule has 8 nitrogen and oxygen atoms in total. The monoisotopic (exact) mass is 460 g/mol. The Labute approximate surface area is 185 Å². The van der Waals surface area contributed by atoms with E-state index in [4.69, 9.17) is 15.6 Å². The first-order chi connectivity index (χ1) is 14.7. The van der Waals surface area contributed by atoms with E-state index in [-0.39, 0.29) is 16.9 Å². The summed E-state index contributed by atoms with van der Waals surface area (Å²) in [6.45, 7) is 3.01. The molecule has 0 amide bonds. The Morgan fingerprint density at radius 3 is 2.55 bits per heavy atom. The highest BCUT2D eigenvalue weighted by molar-refractivity contribution is 7.89. The largest absolute Gasteiger partial charge is 0.396 e. The highest BCUT2D eigenvalue weighted by atomic mass is 32.2. The quantitative estimate of drug-likeness (QED) is 0.491. The molecule has 1 aliphatic rings. The number of aliphatic hydroxyl groups excluding tert-OH is 1. The Morgan fingerprint density at radius 1 is 1.19 bits per heavy atom. The fourth-order valence-corrected chi connectivity index (χ4v) is 4.97. The van der Waals surface area contributed by atoms with Crippen LogP contribution in [0.5, 0.6) is 0 Å². The van der Waals surface area contributed by atoms with Gasteiger partial charge in [-0.25, -0.2) is 23.5 Å². The number of aromatic nitrogens is 2. The Balaban J connectivity index is 1.78. The number of benzene rings is 1. The van der Waals surface area contributed by atoms with Gasteiger partial charge in [0.15, 0.2) is 0 Å². The molecule has 3 aromatic rings. The number of pyridine rings is 1. The number of hydrogen-bond acceptors (Lipinski definition) is 8. The van der Waals surface area contributed by atoms with E-state index in [9.17, 15) is 13.5 Å². The van der Waals surface area contributed by atoms with E-state index in [0.29, 0.717) is 31.9 Å². The first-order valence-corrected chi connectivity index (χ1v) is 12.1. The van der Waals surface area contributed by atoms with Crippen LogP contribution in [0.25, 0.3) is 21.6 Å². The van der Waals surface area contributed by atoms with Crippen molar-refractivity contribution in [1.29, 1.82) is 0 Å². The molecule has 0 saturated carbocycles. The summed E-state index contributed by atoms with van der Waals surface area (Å²) in [5.41, 5.74) is 9.00. The highest BCUT2D eigenvalue weighted by Gasteiger charge is 2.37. The second-order valence-corrected chi connectivity index (χ2v) is 10.7. The Hall–Kier alpha value is -2.37. The zero-order valence-corrected chi connectivity index (χ0v) is 18.7. The maximum atomic E-state index is 12.0. The van der Waals surface area contributed by atoms with Crippen molar-refractivity contribution in [2.24, 2.45) is 10.6 Å². The lowest BCUT2D eigenvalue weighted by Gasteiger charge is -2.40. The Bertz CT molecular complexity index is 1210. The first-order valence-electron chi connectivity index (χ1n) is 9.74. The maximum absolute atomic E-state index is 12.0. The van der Waals surface area contributed by atoms with Crippen molar-refractivity contribution in [3.8, 4) is 21.6 Å². The van der Waals surface area contributed by atoms with Crippen molar-refractivity contribution >= 4 is 27.2 Å². The zero-order chi connectivity index (χ0) is 22.2. The van der Waals surface area contributed by atoms with Gasteiger partial charge < -0.3 is 15.6 Å². The SMILES string of the molecule is Cc1ncc(-c2cc(-c3cc(S(N)(=O)=O)ccc3CCC3(CO)COC3)cnc2N)s1. The number of aliphatic hydroxyl groups is 1. The van der Waals surface area contributed by atoms with Crippen molar-refractivity contribution in [1.82, 2.24) is 9.97 Å². The molecule has 2 aromatic heterocycles. The predicted molar refractivity (Wildman–Crippen MR) is 120 cm³/mol. The summed E-state index contributed by atoms with van der Waals surface area (Å²) in [6.07, 6.45) is 4.74. The minimum Gasteiger partial charge on any atom is -0.396 e. The molecule has 10 heteroatoms. The summed E-state index contributed by atoms with van der Waals surface area (Å²) in [5.74, 6) is 0.377. The summed E-state index contributed by atoms with van der Waals surface area (Å²) in [6, 6.07) is 6.75. The van der Waals surface area contributed by atoms with E-state index >= 15 is 0 Å². The van der Waals surface area contributed by atoms with E-state index in [1.54, 1.807) is 24.5 Å². The molecule has 0 bridgehead atoms. The molecule has 164 valence electrons. The van der Waals surface area contributed by atoms with Crippen LogP contribution in [0.1, 0.15) is 17.0 Å². The summed E-state index contributed by atoms with van der Waals surface area (Å²) in [7, 11) is -3.87. The summed E-state index contributed by atoms with van der Waals surface area (Å²) >= 11 is 1.51. The highest BCUT2D eigenvalue weighted by Crippen LogP contribution is 2.37. The van der Waals surface area contributed by atoms with Crippen LogP contribution in [0.15, 0.2) is 41.6 Å². The topological polar surface area (TPSA) is 141 Å². The second kappa shape index (κ2) is 8.29. The molecule has 1 aliphatic heterocycles. The van der Waals surface area contributed by atoms with Gasteiger partial charge in [-0.2, -0.15) is 0 Å². The molecule has 4 rings (SSSR count). The first kappa shape index (κ1) is 21.8. The third kappa shape index (κ3) is 4.48. The van der Waals surface area contributed by atoms with Gasteiger partial charge in [-0.15, -0.1) is 11.3 Å². The Morgan fingerprint density at radius 2 is 1.97 bits per heavy atom. The van der Waals surface area contributed by atoms with Gasteiger partial charge in [-0.3, -0.25) is 0 Å². The standard InChI is InChI=1S/C21H24N4O4S2/c1-13-24-9-19(30-13)18-6-15(8-25-20(18)22)17-7-16(31(23,27)28)3-2-14(17)4-5-21(10-26)11-29-12-21/h2-3,6-9,26H,4-5,10-12H2,1H3,(H2,22,25)(H2,23,27,28). The number of nitrogen functional groups attached to an aromatic ring is 1. The van der Waals surface area contributed by atoms with Crippen LogP contribution >= 0.6 is 11.3 Å². The smallest absolute Gasteiger partial charge is 0.238 e. The average Bonchev–Trinajstić information content (AvgIpc) is 3.13. The molecule has 0 atom stereocenters. The third-order valence-corrected chi connectivity index (χ3v) is 7.46. The zero-order valence-electron chi connectivity index (χ0n) is 17.0. The Kier molecular flexibility index (Phi) is 5.84. The van der Waals surface area contributed by atoms with Crippen molar-refractivity contribution in [2.75, 3.05) is 25.6 Å². The summed E-state index contributed by atoms with van der Waals surface area (Å²) in [4.78, 5) is 9.55. The number of thiazole rings is 1. The number of rotatable bonds is 7. The van der Waals surface area contributed by atoms with E-state index in [1.165, 1.54) is 17.4 Å². The molecule has 1 saturated heterocycles. The number of aryl methyl sites for hydroxylation is 2. The minimum absolute atomic E-state index is 0.0297. The number of nitrogens with two attached hydrogens (primary N) is 2. The third-order valence-electron chi connectivity index (χ3n) is 5.60. The number of sulfonamides is 1. The second-order valence-electron chi connectivity index (χ2n) is 7.92. The molecule has 0 unspecified atom stereocenters. The normalized spacial score (nSPS) is 15.6. The van der Waals surface area contributed by atoms with Gasteiger partial charge >= 0.3 is 0 Å². The molecular weight excluding hydrogens is 436 g/mol. The van der Waals surface area contributed by atoms with Crippen LogP contribution in [-0.4, -0.2) is 43.3 Å². The van der Waals surface area contributed by atoms with Gasteiger partial charge in [-0.05, 0) is 49.1 Å². The van der Waals surface area contributed by atoms with Gasteiger partial charge in [0.05, 0.1) is 34.6 Å². The summed E-state index contributed by atoms with van der Waals surface area (Å²) < 4.78 is 29.2. The van der Waals surface area contributed by atoms with Gasteiger partial charge in [-0.1, -0.05) is 6.07 Å². The van der Waals surface area contributed by atoms with Crippen molar-refractivity contribution in [3.63, 3.8) is 0 Å². The van der Waals surface area contributed by atoms with Crippen molar-refractivity contribution in [2.45, 2.75) is 24.7 Å². The molecule has 0 spiro atoms. The molecule has 31 heavy (non-hydrogen) atoms. The maximum Gasteiger partial charge on any atom is 0.238 e. The molecule has 0 aliphatic carbocycles. The molecule has 5 N–H and O–H groups in total. The van der Waals surface area contributed by atoms with Gasteiger partial charge in [0, 0.05) is 28.9 Å². The molecule has 1 aromatic carbocycles. The lowest BCUT2D eigenvalue weighted by molar-refractivity contribution is -0.140. The van der Waals surface area contributed by atoms with Crippen molar-refractivity contribution in [3.05, 3.63) is 47.2 Å². The average molecular weight is 461 g/mol. The van der Waals surface area contributed by atoms with Crippen LogP contribution in [-0.2, 0) is 21.2 Å². The molecule has 0 radical (unpaired) electrons. The van der Waals surface area contributed by atoms with Gasteiger partial charge in [0.2, 0.25) is 10.0 Å². The van der Waals surface area contributed by atoms with E-state index in [2.05, 4.69) is 9.97 Å². The lowest BCUT2D eigenvalue weighted by atomic mass is 9.80. The van der Waals surface area contributed by atoms with Gasteiger partial charge in [0.1, 0.15) is 5.82 Å². The van der Waals surface area contributed by atoms with E-state index < -0.39 is 10.0 Å². The predicted octanol–water partition coefficient (Wildman–Crippen LogP) is 2.35. The number of primary sulfonamides is 1. The fraction of sp³-hybridized carbons (Fsp3) is 0.333. The van der Waals surface area contributed by atoms with E-state index in [1.807, 2.05) is 13.0 Å². The molecular formula is C21H24N4O4S2. The minimum atomic E-state index is -3.87. The van der Waals surface area contributed by atoms with E-state index in [0.717, 1.165) is 32.1 Å². The van der Waals surface area contributed by atoms with Gasteiger partial charge in [0.25, 0.3) is 0 Å². The van der Waals surface area contributed by atoms with Crippen LogP contribution in [0.2, 0.25) is 0 Å².